The van der Waals surface area contributed by atoms with Crippen molar-refractivity contribution in [2.75, 3.05) is 0 Å². The molecule has 4 nitrogen and oxygen atoms in total. The molecular weight excluding hydrogens is 358 g/mol. The third-order valence-electron chi connectivity index (χ3n) is 3.28. The molecule has 0 heterocycles. The van der Waals surface area contributed by atoms with Crippen LogP contribution in [0.5, 0.6) is 5.75 Å². The van der Waals surface area contributed by atoms with Crippen LogP contribution in [0, 0.1) is 5.82 Å². The Hall–Kier alpha value is -2.11. The van der Waals surface area contributed by atoms with Gasteiger partial charge in [0.05, 0.1) is 12.8 Å². The third kappa shape index (κ3) is 5.22. The Morgan fingerprint density at radius 1 is 1.08 bits per heavy atom. The zero-order valence-electron chi connectivity index (χ0n) is 12.3. The maximum atomic E-state index is 12.8. The largest absolute Gasteiger partial charge is 0.481 e. The van der Waals surface area contributed by atoms with E-state index in [1.165, 1.54) is 18.2 Å². The molecule has 0 bridgehead atoms. The third-order valence-corrected chi connectivity index (χ3v) is 3.84. The summed E-state index contributed by atoms with van der Waals surface area (Å²) in [6.45, 7) is 0. The normalized spacial score (nSPS) is 11.8. The zero-order chi connectivity index (χ0) is 17.7. The van der Waals surface area contributed by atoms with E-state index in [1.807, 2.05) is 0 Å². The summed E-state index contributed by atoms with van der Waals surface area (Å²) in [6.07, 6.45) is -0.481. The first-order chi connectivity index (χ1) is 11.3. The first kappa shape index (κ1) is 18.2. The number of benzene rings is 2. The van der Waals surface area contributed by atoms with E-state index in [2.05, 4.69) is 0 Å². The number of carbonyl (C=O) groups is 2. The molecule has 0 saturated heterocycles. The van der Waals surface area contributed by atoms with Crippen molar-refractivity contribution < 1.29 is 23.8 Å². The average Bonchev–Trinajstić information content (AvgIpc) is 2.48. The summed E-state index contributed by atoms with van der Waals surface area (Å²) in [4.78, 5) is 23.1. The number of rotatable bonds is 6. The van der Waals surface area contributed by atoms with Crippen LogP contribution in [0.4, 0.5) is 4.39 Å². The van der Waals surface area contributed by atoms with Crippen LogP contribution >= 0.6 is 23.2 Å². The fourth-order valence-corrected chi connectivity index (χ4v) is 2.78. The molecule has 0 aliphatic heterocycles. The lowest BCUT2D eigenvalue weighted by molar-refractivity contribution is -0.138. The molecule has 1 atom stereocenters. The maximum Gasteiger partial charge on any atom is 0.311 e. The Morgan fingerprint density at radius 3 is 2.33 bits per heavy atom. The van der Waals surface area contributed by atoms with Gasteiger partial charge < -0.3 is 9.84 Å². The van der Waals surface area contributed by atoms with Crippen molar-refractivity contribution in [2.24, 2.45) is 0 Å². The number of carboxylic acid groups (broad SMARTS) is 1. The molecule has 1 N–H and O–H groups in total. The van der Waals surface area contributed by atoms with Crippen molar-refractivity contribution in [1.29, 1.82) is 0 Å². The summed E-state index contributed by atoms with van der Waals surface area (Å²) in [5.41, 5.74) is 0.500. The maximum absolute atomic E-state index is 12.8. The standard InChI is InChI=1S/C17H13Cl2FO4/c18-11-1-6-14(15(19)9-11)10(7-16(21)22)8-17(23)24-13-4-2-12(20)3-5-13/h1-6,9-10H,7-8H2,(H,21,22)/t10-/m1/s1. The second-order valence-corrected chi connectivity index (χ2v) is 5.94. The minimum Gasteiger partial charge on any atom is -0.481 e. The smallest absolute Gasteiger partial charge is 0.311 e. The van der Waals surface area contributed by atoms with Crippen molar-refractivity contribution in [3.63, 3.8) is 0 Å². The quantitative estimate of drug-likeness (QED) is 0.591. The van der Waals surface area contributed by atoms with Crippen LogP contribution in [0.2, 0.25) is 10.0 Å². The molecule has 0 radical (unpaired) electrons. The Morgan fingerprint density at radius 2 is 1.75 bits per heavy atom. The predicted octanol–water partition coefficient (Wildman–Crippen LogP) is 4.69. The second-order valence-electron chi connectivity index (χ2n) is 5.09. The minimum absolute atomic E-state index is 0.178. The molecule has 2 rings (SSSR count). The average molecular weight is 371 g/mol. The van der Waals surface area contributed by atoms with Crippen LogP contribution in [0.1, 0.15) is 24.3 Å². The molecule has 24 heavy (non-hydrogen) atoms. The fourth-order valence-electron chi connectivity index (χ4n) is 2.21. The van der Waals surface area contributed by atoms with E-state index in [9.17, 15) is 14.0 Å². The molecule has 0 spiro atoms. The van der Waals surface area contributed by atoms with E-state index in [-0.39, 0.29) is 23.6 Å². The van der Waals surface area contributed by atoms with Crippen molar-refractivity contribution in [3.05, 3.63) is 63.9 Å². The van der Waals surface area contributed by atoms with Gasteiger partial charge in [0.2, 0.25) is 0 Å². The SMILES string of the molecule is O=C(O)C[C@H](CC(=O)Oc1ccc(F)cc1)c1ccc(Cl)cc1Cl. The Bertz CT molecular complexity index is 747. The lowest BCUT2D eigenvalue weighted by Gasteiger charge is -2.16. The van der Waals surface area contributed by atoms with Gasteiger partial charge in [0.1, 0.15) is 11.6 Å². The van der Waals surface area contributed by atoms with Gasteiger partial charge in [0.25, 0.3) is 0 Å². The molecule has 126 valence electrons. The van der Waals surface area contributed by atoms with Crippen LogP contribution in [0.25, 0.3) is 0 Å². The lowest BCUT2D eigenvalue weighted by atomic mass is 9.92. The lowest BCUT2D eigenvalue weighted by Crippen LogP contribution is -2.16. The van der Waals surface area contributed by atoms with E-state index < -0.39 is 23.7 Å². The molecule has 0 fully saturated rings. The topological polar surface area (TPSA) is 63.6 Å². The van der Waals surface area contributed by atoms with Gasteiger partial charge in [-0.1, -0.05) is 29.3 Å². The summed E-state index contributed by atoms with van der Waals surface area (Å²) < 4.78 is 17.9. The van der Waals surface area contributed by atoms with E-state index in [0.717, 1.165) is 12.1 Å². The number of esters is 1. The number of carbonyl (C=O) groups excluding carboxylic acids is 1. The molecular formula is C17H13Cl2FO4. The molecule has 2 aromatic rings. The molecule has 0 aromatic heterocycles. The summed E-state index contributed by atoms with van der Waals surface area (Å²) >= 11 is 11.9. The first-order valence-corrected chi connectivity index (χ1v) is 7.73. The first-order valence-electron chi connectivity index (χ1n) is 6.98. The summed E-state index contributed by atoms with van der Waals surface area (Å²) in [6, 6.07) is 9.59. The molecule has 7 heteroatoms. The van der Waals surface area contributed by atoms with E-state index >= 15 is 0 Å². The van der Waals surface area contributed by atoms with Gasteiger partial charge in [-0.25, -0.2) is 4.39 Å². The van der Waals surface area contributed by atoms with Crippen molar-refractivity contribution in [3.8, 4) is 5.75 Å². The van der Waals surface area contributed by atoms with Crippen molar-refractivity contribution >= 4 is 35.1 Å². The molecule has 0 amide bonds. The number of ether oxygens (including phenoxy) is 1. The van der Waals surface area contributed by atoms with Crippen LogP contribution in [-0.4, -0.2) is 17.0 Å². The number of hydrogen-bond acceptors (Lipinski definition) is 3. The highest BCUT2D eigenvalue weighted by Crippen LogP contribution is 2.32. The van der Waals surface area contributed by atoms with Gasteiger partial charge in [-0.05, 0) is 42.0 Å². The van der Waals surface area contributed by atoms with Crippen LogP contribution in [0.15, 0.2) is 42.5 Å². The highest BCUT2D eigenvalue weighted by atomic mass is 35.5. The Labute approximate surface area is 147 Å². The number of hydrogen-bond donors (Lipinski definition) is 1. The molecule has 2 aromatic carbocycles. The van der Waals surface area contributed by atoms with Crippen LogP contribution < -0.4 is 4.74 Å². The van der Waals surface area contributed by atoms with Crippen molar-refractivity contribution in [2.45, 2.75) is 18.8 Å². The van der Waals surface area contributed by atoms with Gasteiger partial charge in [-0.15, -0.1) is 0 Å². The predicted molar refractivity (Wildman–Crippen MR) is 88.1 cm³/mol. The summed E-state index contributed by atoms with van der Waals surface area (Å²) in [7, 11) is 0. The number of halogens is 3. The van der Waals surface area contributed by atoms with Gasteiger partial charge >= 0.3 is 11.9 Å². The zero-order valence-corrected chi connectivity index (χ0v) is 13.9. The summed E-state index contributed by atoms with van der Waals surface area (Å²) in [5, 5.41) is 9.75. The summed E-state index contributed by atoms with van der Waals surface area (Å²) in [5.74, 6) is -2.65. The van der Waals surface area contributed by atoms with Crippen LogP contribution in [-0.2, 0) is 9.59 Å². The Balaban J connectivity index is 2.14. The van der Waals surface area contributed by atoms with E-state index in [4.69, 9.17) is 33.0 Å². The van der Waals surface area contributed by atoms with Gasteiger partial charge in [0, 0.05) is 16.0 Å². The highest BCUT2D eigenvalue weighted by Gasteiger charge is 2.23. The van der Waals surface area contributed by atoms with E-state index in [0.29, 0.717) is 10.6 Å². The monoisotopic (exact) mass is 370 g/mol. The number of aliphatic carboxylic acids is 1. The molecule has 0 aliphatic carbocycles. The van der Waals surface area contributed by atoms with E-state index in [1.54, 1.807) is 12.1 Å². The number of carboxylic acids is 1. The van der Waals surface area contributed by atoms with Crippen LogP contribution in [0.3, 0.4) is 0 Å². The second kappa shape index (κ2) is 8.13. The van der Waals surface area contributed by atoms with Gasteiger partial charge in [-0.3, -0.25) is 9.59 Å². The van der Waals surface area contributed by atoms with Gasteiger partial charge in [0.15, 0.2) is 0 Å². The Kier molecular flexibility index (Phi) is 6.17. The van der Waals surface area contributed by atoms with Crippen molar-refractivity contribution in [1.82, 2.24) is 0 Å². The molecule has 0 unspecified atom stereocenters. The van der Waals surface area contributed by atoms with Gasteiger partial charge in [-0.2, -0.15) is 0 Å². The molecule has 0 aliphatic rings. The fraction of sp³-hybridized carbons (Fsp3) is 0.176. The minimum atomic E-state index is -1.07. The highest BCUT2D eigenvalue weighted by molar-refractivity contribution is 6.35. The molecule has 0 saturated carbocycles.